The number of amides is 1. The van der Waals surface area contributed by atoms with Gasteiger partial charge in [-0.3, -0.25) is 9.10 Å². The number of sulfonamides is 1. The highest BCUT2D eigenvalue weighted by molar-refractivity contribution is 7.92. The largest absolute Gasteiger partial charge is 0.476 e. The van der Waals surface area contributed by atoms with Gasteiger partial charge in [-0.05, 0) is 48.5 Å². The second kappa shape index (κ2) is 9.19. The van der Waals surface area contributed by atoms with E-state index in [2.05, 4.69) is 17.0 Å². The van der Waals surface area contributed by atoms with Crippen molar-refractivity contribution >= 4 is 38.9 Å². The van der Waals surface area contributed by atoms with Gasteiger partial charge in [0.2, 0.25) is 0 Å². The van der Waals surface area contributed by atoms with Crippen LogP contribution in [0.4, 0.5) is 11.4 Å². The van der Waals surface area contributed by atoms with E-state index in [4.69, 9.17) is 16.3 Å². The molecular weight excluding hydrogens is 474 g/mol. The number of carbonyl (C=O) groups excluding carboxylic acids is 1. The second-order valence-electron chi connectivity index (χ2n) is 8.21. The van der Waals surface area contributed by atoms with Gasteiger partial charge in [-0.25, -0.2) is 8.42 Å². The summed E-state index contributed by atoms with van der Waals surface area (Å²) >= 11 is 5.95. The van der Waals surface area contributed by atoms with Crippen molar-refractivity contribution in [1.29, 1.82) is 0 Å². The van der Waals surface area contributed by atoms with E-state index in [1.807, 2.05) is 18.2 Å². The SMILES string of the molecule is O=C([C@H]1CN(S(=O)(=O)c2ccc(Cl)cc2)c2ccccc2O1)N1CCN(c2ccccc2)CC1. The van der Waals surface area contributed by atoms with Crippen LogP contribution in [0, 0.1) is 0 Å². The number of fused-ring (bicyclic) bond motifs is 1. The molecule has 5 rings (SSSR count). The van der Waals surface area contributed by atoms with Crippen molar-refractivity contribution in [3.63, 3.8) is 0 Å². The fraction of sp³-hybridized carbons (Fsp3) is 0.240. The van der Waals surface area contributed by atoms with Crippen molar-refractivity contribution in [2.45, 2.75) is 11.0 Å². The Morgan fingerprint density at radius 1 is 0.853 bits per heavy atom. The zero-order valence-electron chi connectivity index (χ0n) is 18.4. The molecule has 7 nitrogen and oxygen atoms in total. The van der Waals surface area contributed by atoms with Crippen LogP contribution in [0.5, 0.6) is 5.75 Å². The van der Waals surface area contributed by atoms with E-state index in [0.717, 1.165) is 5.69 Å². The Balaban J connectivity index is 1.36. The summed E-state index contributed by atoms with van der Waals surface area (Å²) in [5.74, 6) is 0.158. The number of benzene rings is 3. The topological polar surface area (TPSA) is 70.2 Å². The number of carbonyl (C=O) groups is 1. The van der Waals surface area contributed by atoms with Crippen LogP contribution in [0.1, 0.15) is 0 Å². The second-order valence-corrected chi connectivity index (χ2v) is 10.5. The summed E-state index contributed by atoms with van der Waals surface area (Å²) in [4.78, 5) is 17.5. The molecule has 0 radical (unpaired) electrons. The van der Waals surface area contributed by atoms with Crippen LogP contribution in [0.2, 0.25) is 5.02 Å². The molecule has 3 aromatic carbocycles. The molecule has 2 aliphatic heterocycles. The van der Waals surface area contributed by atoms with Crippen molar-refractivity contribution in [1.82, 2.24) is 4.90 Å². The molecule has 0 N–H and O–H groups in total. The van der Waals surface area contributed by atoms with Gasteiger partial charge in [0.05, 0.1) is 17.1 Å². The molecule has 1 amide bonds. The van der Waals surface area contributed by atoms with E-state index in [9.17, 15) is 13.2 Å². The highest BCUT2D eigenvalue weighted by Crippen LogP contribution is 2.37. The summed E-state index contributed by atoms with van der Waals surface area (Å²) in [5, 5.41) is 0.448. The van der Waals surface area contributed by atoms with E-state index >= 15 is 0 Å². The molecule has 9 heteroatoms. The lowest BCUT2D eigenvalue weighted by atomic mass is 10.2. The Bertz CT molecular complexity index is 1280. The molecule has 0 bridgehead atoms. The first-order valence-electron chi connectivity index (χ1n) is 11.1. The van der Waals surface area contributed by atoms with Gasteiger partial charge in [-0.2, -0.15) is 0 Å². The lowest BCUT2D eigenvalue weighted by Crippen LogP contribution is -2.56. The minimum atomic E-state index is -3.92. The summed E-state index contributed by atoms with van der Waals surface area (Å²) < 4.78 is 34.3. The zero-order valence-corrected chi connectivity index (χ0v) is 20.0. The van der Waals surface area contributed by atoms with Gasteiger partial charge in [0, 0.05) is 36.9 Å². The maximum absolute atomic E-state index is 13.5. The third-order valence-corrected chi connectivity index (χ3v) is 8.17. The lowest BCUT2D eigenvalue weighted by molar-refractivity contribution is -0.138. The van der Waals surface area contributed by atoms with Gasteiger partial charge in [0.15, 0.2) is 6.10 Å². The lowest BCUT2D eigenvalue weighted by Gasteiger charge is -2.40. The molecule has 176 valence electrons. The minimum absolute atomic E-state index is 0.0975. The third-order valence-electron chi connectivity index (χ3n) is 6.12. The zero-order chi connectivity index (χ0) is 23.7. The molecule has 0 aromatic heterocycles. The van der Waals surface area contributed by atoms with Gasteiger partial charge < -0.3 is 14.5 Å². The van der Waals surface area contributed by atoms with E-state index in [1.54, 1.807) is 29.2 Å². The average Bonchev–Trinajstić information content (AvgIpc) is 2.88. The predicted octanol–water partition coefficient (Wildman–Crippen LogP) is 3.65. The molecule has 0 saturated carbocycles. The highest BCUT2D eigenvalue weighted by atomic mass is 35.5. The smallest absolute Gasteiger partial charge is 0.265 e. The van der Waals surface area contributed by atoms with E-state index in [-0.39, 0.29) is 17.3 Å². The normalized spacial score (nSPS) is 18.3. The number of hydrogen-bond acceptors (Lipinski definition) is 5. The Labute approximate surface area is 204 Å². The number of anilines is 2. The maximum Gasteiger partial charge on any atom is 0.265 e. The molecule has 1 saturated heterocycles. The van der Waals surface area contributed by atoms with Gasteiger partial charge in [0.1, 0.15) is 5.75 Å². The Morgan fingerprint density at radius 2 is 1.50 bits per heavy atom. The summed E-state index contributed by atoms with van der Waals surface area (Å²) in [6, 6.07) is 23.0. The van der Waals surface area contributed by atoms with Crippen molar-refractivity contribution in [2.24, 2.45) is 0 Å². The Kier molecular flexibility index (Phi) is 6.10. The minimum Gasteiger partial charge on any atom is -0.476 e. The Hall–Kier alpha value is -3.23. The molecule has 1 atom stereocenters. The summed E-state index contributed by atoms with van der Waals surface area (Å²) in [5.41, 5.74) is 1.54. The third kappa shape index (κ3) is 4.31. The summed E-state index contributed by atoms with van der Waals surface area (Å²) in [6.07, 6.45) is -0.930. The van der Waals surface area contributed by atoms with Crippen LogP contribution in [-0.2, 0) is 14.8 Å². The molecule has 1 fully saturated rings. The van der Waals surface area contributed by atoms with Crippen LogP contribution in [0.3, 0.4) is 0 Å². The van der Waals surface area contributed by atoms with Crippen LogP contribution in [-0.4, -0.2) is 58.1 Å². The summed E-state index contributed by atoms with van der Waals surface area (Å²) in [7, 11) is -3.92. The number of nitrogens with zero attached hydrogens (tertiary/aromatic N) is 3. The number of rotatable bonds is 4. The van der Waals surface area contributed by atoms with Gasteiger partial charge in [0.25, 0.3) is 15.9 Å². The van der Waals surface area contributed by atoms with E-state index in [0.29, 0.717) is 42.6 Å². The number of ether oxygens (including phenoxy) is 1. The fourth-order valence-corrected chi connectivity index (χ4v) is 5.92. The van der Waals surface area contributed by atoms with Crippen molar-refractivity contribution in [3.05, 3.63) is 83.9 Å². The van der Waals surface area contributed by atoms with Crippen LogP contribution in [0.25, 0.3) is 0 Å². The number of halogens is 1. The first-order chi connectivity index (χ1) is 16.4. The number of piperazine rings is 1. The van der Waals surface area contributed by atoms with Crippen molar-refractivity contribution in [2.75, 3.05) is 41.9 Å². The van der Waals surface area contributed by atoms with Gasteiger partial charge in [-0.15, -0.1) is 0 Å². The number of para-hydroxylation sites is 3. The molecule has 0 aliphatic carbocycles. The molecular formula is C25H24ClN3O4S. The quantitative estimate of drug-likeness (QED) is 0.550. The van der Waals surface area contributed by atoms with Crippen molar-refractivity contribution < 1.29 is 17.9 Å². The maximum atomic E-state index is 13.5. The van der Waals surface area contributed by atoms with Crippen LogP contribution >= 0.6 is 11.6 Å². The molecule has 34 heavy (non-hydrogen) atoms. The fourth-order valence-electron chi connectivity index (χ4n) is 4.32. The van der Waals surface area contributed by atoms with Crippen LogP contribution < -0.4 is 13.9 Å². The van der Waals surface area contributed by atoms with E-state index < -0.39 is 16.1 Å². The first kappa shape index (κ1) is 22.6. The first-order valence-corrected chi connectivity index (χ1v) is 12.9. The van der Waals surface area contributed by atoms with Crippen LogP contribution in [0.15, 0.2) is 83.8 Å². The molecule has 0 unspecified atom stereocenters. The Morgan fingerprint density at radius 3 is 2.21 bits per heavy atom. The van der Waals surface area contributed by atoms with Crippen molar-refractivity contribution in [3.8, 4) is 5.75 Å². The van der Waals surface area contributed by atoms with Gasteiger partial charge >= 0.3 is 0 Å². The standard InChI is InChI=1S/C25H24ClN3O4S/c26-19-10-12-21(13-11-19)34(31,32)29-18-24(33-23-9-5-4-8-22(23)29)25(30)28-16-14-27(15-17-28)20-6-2-1-3-7-20/h1-13,24H,14-18H2/t24-/m1/s1. The molecule has 2 heterocycles. The summed E-state index contributed by atoms with van der Waals surface area (Å²) in [6.45, 7) is 2.38. The molecule has 0 spiro atoms. The highest BCUT2D eigenvalue weighted by Gasteiger charge is 2.39. The number of hydrogen-bond donors (Lipinski definition) is 0. The monoisotopic (exact) mass is 497 g/mol. The molecule has 3 aromatic rings. The molecule has 2 aliphatic rings. The van der Waals surface area contributed by atoms with Gasteiger partial charge in [-0.1, -0.05) is 41.9 Å². The average molecular weight is 498 g/mol. The predicted molar refractivity (Wildman–Crippen MR) is 132 cm³/mol. The van der Waals surface area contributed by atoms with E-state index in [1.165, 1.54) is 28.6 Å².